The van der Waals surface area contributed by atoms with Gasteiger partial charge in [0, 0.05) is 10.5 Å². The first-order valence-electron chi connectivity index (χ1n) is 4.57. The maximum Gasteiger partial charge on any atom is 0.336 e. The number of carboxylic acid groups (broad SMARTS) is 1. The summed E-state index contributed by atoms with van der Waals surface area (Å²) in [6.45, 7) is 1.53. The van der Waals surface area contributed by atoms with E-state index in [1.54, 1.807) is 18.4 Å². The minimum Gasteiger partial charge on any atom is -0.478 e. The average molecular weight is 259 g/mol. The van der Waals surface area contributed by atoms with E-state index in [2.05, 4.69) is 0 Å². The Morgan fingerprint density at radius 1 is 1.44 bits per heavy atom. The number of benzene rings is 1. The lowest BCUT2D eigenvalue weighted by Gasteiger charge is -2.10. The molecule has 1 atom stereocenters. The molecule has 0 spiro atoms. The molecule has 1 aromatic carbocycles. The summed E-state index contributed by atoms with van der Waals surface area (Å²) >= 11 is 7.05. The molecule has 0 aliphatic carbocycles. The van der Waals surface area contributed by atoms with Gasteiger partial charge < -0.3 is 5.11 Å². The monoisotopic (exact) mass is 258 g/mol. The highest BCUT2D eigenvalue weighted by Gasteiger charge is 2.22. The molecule has 1 rings (SSSR count). The third kappa shape index (κ3) is 2.57. The van der Waals surface area contributed by atoms with Gasteiger partial charge >= 0.3 is 5.97 Å². The van der Waals surface area contributed by atoms with E-state index in [9.17, 15) is 9.59 Å². The van der Waals surface area contributed by atoms with E-state index in [1.165, 1.54) is 24.8 Å². The highest BCUT2D eigenvalue weighted by molar-refractivity contribution is 7.98. The predicted octanol–water partition coefficient (Wildman–Crippen LogP) is 2.92. The van der Waals surface area contributed by atoms with Crippen LogP contribution in [0.4, 0.5) is 0 Å². The van der Waals surface area contributed by atoms with Crippen molar-refractivity contribution in [3.8, 4) is 0 Å². The Kier molecular flexibility index (Phi) is 4.38. The Hall–Kier alpha value is -1.00. The maximum absolute atomic E-state index is 11.8. The van der Waals surface area contributed by atoms with Crippen LogP contribution in [0.2, 0.25) is 0 Å². The number of thioether (sulfide) groups is 1. The van der Waals surface area contributed by atoms with E-state index in [-0.39, 0.29) is 16.9 Å². The van der Waals surface area contributed by atoms with Crippen molar-refractivity contribution in [2.75, 3.05) is 6.26 Å². The first-order chi connectivity index (χ1) is 7.49. The average Bonchev–Trinajstić information content (AvgIpc) is 2.26. The molecule has 0 aliphatic heterocycles. The quantitative estimate of drug-likeness (QED) is 0.513. The number of carbonyl (C=O) groups excluding carboxylic acids is 1. The van der Waals surface area contributed by atoms with Crippen molar-refractivity contribution in [2.24, 2.45) is 0 Å². The van der Waals surface area contributed by atoms with Gasteiger partial charge in [-0.1, -0.05) is 6.07 Å². The summed E-state index contributed by atoms with van der Waals surface area (Å²) in [7, 11) is 0. The zero-order valence-corrected chi connectivity index (χ0v) is 10.4. The molecule has 0 heterocycles. The minimum absolute atomic E-state index is 0.00403. The molecule has 1 aromatic rings. The number of carboxylic acids is 1. The maximum atomic E-state index is 11.8. The molecule has 0 aromatic heterocycles. The van der Waals surface area contributed by atoms with Crippen molar-refractivity contribution in [2.45, 2.75) is 17.2 Å². The normalized spacial score (nSPS) is 12.2. The lowest BCUT2D eigenvalue weighted by atomic mass is 10.0. The first-order valence-corrected chi connectivity index (χ1v) is 6.23. The molecule has 0 saturated heterocycles. The number of ketones is 1. The minimum atomic E-state index is -1.11. The van der Waals surface area contributed by atoms with Crippen LogP contribution in [0, 0.1) is 0 Å². The van der Waals surface area contributed by atoms with Crippen molar-refractivity contribution in [1.82, 2.24) is 0 Å². The van der Waals surface area contributed by atoms with Crippen molar-refractivity contribution in [3.63, 3.8) is 0 Å². The molecule has 1 N–H and O–H groups in total. The molecule has 0 fully saturated rings. The summed E-state index contributed by atoms with van der Waals surface area (Å²) in [5, 5.41) is 8.28. The molecule has 0 aliphatic rings. The molecule has 0 amide bonds. The molecule has 86 valence electrons. The predicted molar refractivity (Wildman–Crippen MR) is 64.8 cm³/mol. The lowest BCUT2D eigenvalue weighted by Crippen LogP contribution is -2.16. The smallest absolute Gasteiger partial charge is 0.336 e. The van der Waals surface area contributed by atoms with Crippen molar-refractivity contribution in [3.05, 3.63) is 29.3 Å². The summed E-state index contributed by atoms with van der Waals surface area (Å²) in [6, 6.07) is 4.74. The van der Waals surface area contributed by atoms with Gasteiger partial charge in [-0.15, -0.1) is 23.4 Å². The number of halogens is 1. The van der Waals surface area contributed by atoms with E-state index < -0.39 is 11.3 Å². The Bertz CT molecular complexity index is 429. The molecule has 1 unspecified atom stereocenters. The zero-order valence-electron chi connectivity index (χ0n) is 8.86. The second-order valence-electron chi connectivity index (χ2n) is 3.17. The highest BCUT2D eigenvalue weighted by atomic mass is 35.5. The molecular weight excluding hydrogens is 248 g/mol. The second kappa shape index (κ2) is 5.37. The third-order valence-electron chi connectivity index (χ3n) is 2.08. The van der Waals surface area contributed by atoms with Gasteiger partial charge in [0.1, 0.15) is 0 Å². The number of alkyl halides is 1. The molecular formula is C11H11ClO3S. The number of aromatic carboxylic acids is 1. The van der Waals surface area contributed by atoms with Gasteiger partial charge in [-0.25, -0.2) is 4.79 Å². The van der Waals surface area contributed by atoms with E-state index >= 15 is 0 Å². The highest BCUT2D eigenvalue weighted by Crippen LogP contribution is 2.26. The lowest BCUT2D eigenvalue weighted by molar-refractivity contribution is 0.0691. The molecule has 5 heteroatoms. The van der Waals surface area contributed by atoms with Gasteiger partial charge in [-0.2, -0.15) is 0 Å². The standard InChI is InChI=1S/C11H11ClO3S/c1-6(12)10(13)9-7(11(14)15)4-3-5-8(9)16-2/h3-6H,1-2H3,(H,14,15). The van der Waals surface area contributed by atoms with Crippen LogP contribution in [0.15, 0.2) is 23.1 Å². The molecule has 16 heavy (non-hydrogen) atoms. The van der Waals surface area contributed by atoms with Gasteiger partial charge in [0.15, 0.2) is 5.78 Å². The van der Waals surface area contributed by atoms with Gasteiger partial charge in [-0.05, 0) is 25.3 Å². The van der Waals surface area contributed by atoms with Crippen LogP contribution < -0.4 is 0 Å². The third-order valence-corrected chi connectivity index (χ3v) is 3.06. The van der Waals surface area contributed by atoms with Crippen LogP contribution in [0.5, 0.6) is 0 Å². The SMILES string of the molecule is CSc1cccc(C(=O)O)c1C(=O)C(C)Cl. The van der Waals surface area contributed by atoms with E-state index in [0.29, 0.717) is 4.90 Å². The van der Waals surface area contributed by atoms with Crippen molar-refractivity contribution < 1.29 is 14.7 Å². The zero-order chi connectivity index (χ0) is 12.3. The number of hydrogen-bond acceptors (Lipinski definition) is 3. The van der Waals surface area contributed by atoms with Crippen LogP contribution >= 0.6 is 23.4 Å². The molecule has 0 saturated carbocycles. The molecule has 0 radical (unpaired) electrons. The Labute approximate surface area is 103 Å². The summed E-state index contributed by atoms with van der Waals surface area (Å²) in [4.78, 5) is 23.5. The fraction of sp³-hybridized carbons (Fsp3) is 0.273. The largest absolute Gasteiger partial charge is 0.478 e. The van der Waals surface area contributed by atoms with Gasteiger partial charge in [0.25, 0.3) is 0 Å². The fourth-order valence-corrected chi connectivity index (χ4v) is 2.07. The number of Topliss-reactive ketones (excluding diaryl/α,β-unsaturated/α-hetero) is 1. The van der Waals surface area contributed by atoms with Crippen molar-refractivity contribution in [1.29, 1.82) is 0 Å². The van der Waals surface area contributed by atoms with Crippen LogP contribution in [0.3, 0.4) is 0 Å². The summed E-state index contributed by atoms with van der Waals surface area (Å²) in [5.74, 6) is -1.47. The Morgan fingerprint density at radius 2 is 2.06 bits per heavy atom. The van der Waals surface area contributed by atoms with Crippen LogP contribution in [0.1, 0.15) is 27.6 Å². The van der Waals surface area contributed by atoms with Crippen LogP contribution in [0.25, 0.3) is 0 Å². The number of rotatable bonds is 4. The first kappa shape index (κ1) is 13.1. The summed E-state index contributed by atoms with van der Waals surface area (Å²) in [6.07, 6.45) is 1.79. The number of hydrogen-bond donors (Lipinski definition) is 1. The van der Waals surface area contributed by atoms with Gasteiger partial charge in [-0.3, -0.25) is 4.79 Å². The van der Waals surface area contributed by atoms with E-state index in [0.717, 1.165) is 0 Å². The van der Waals surface area contributed by atoms with E-state index in [4.69, 9.17) is 16.7 Å². The number of carbonyl (C=O) groups is 2. The second-order valence-corrected chi connectivity index (χ2v) is 4.67. The molecule has 3 nitrogen and oxygen atoms in total. The fourth-order valence-electron chi connectivity index (χ4n) is 1.33. The van der Waals surface area contributed by atoms with Gasteiger partial charge in [0.2, 0.25) is 0 Å². The Balaban J connectivity index is 3.42. The summed E-state index contributed by atoms with van der Waals surface area (Å²) in [5.41, 5.74) is 0.203. The Morgan fingerprint density at radius 3 is 2.50 bits per heavy atom. The van der Waals surface area contributed by atoms with Gasteiger partial charge in [0.05, 0.1) is 10.9 Å². The topological polar surface area (TPSA) is 54.4 Å². The van der Waals surface area contributed by atoms with Crippen LogP contribution in [-0.4, -0.2) is 28.5 Å². The summed E-state index contributed by atoms with van der Waals surface area (Å²) < 4.78 is 0. The molecule has 0 bridgehead atoms. The van der Waals surface area contributed by atoms with Crippen molar-refractivity contribution >= 4 is 35.1 Å². The van der Waals surface area contributed by atoms with Crippen LogP contribution in [-0.2, 0) is 0 Å². The van der Waals surface area contributed by atoms with E-state index in [1.807, 2.05) is 0 Å².